The largest absolute Gasteiger partial charge is 0.481 e. The molecule has 1 aromatic rings. The zero-order valence-electron chi connectivity index (χ0n) is 12.2. The van der Waals surface area contributed by atoms with E-state index in [2.05, 4.69) is 0 Å². The molecule has 3 atom stereocenters. The van der Waals surface area contributed by atoms with Crippen molar-refractivity contribution in [1.29, 1.82) is 0 Å². The number of halogens is 1. The van der Waals surface area contributed by atoms with Crippen molar-refractivity contribution in [2.75, 3.05) is 14.2 Å². The highest BCUT2D eigenvalue weighted by atomic mass is 19.1. The van der Waals surface area contributed by atoms with Gasteiger partial charge in [-0.05, 0) is 26.5 Å². The maximum absolute atomic E-state index is 14.1. The van der Waals surface area contributed by atoms with E-state index >= 15 is 0 Å². The van der Waals surface area contributed by atoms with Gasteiger partial charge in [-0.25, -0.2) is 4.39 Å². The van der Waals surface area contributed by atoms with Gasteiger partial charge in [0.1, 0.15) is 11.4 Å². The number of hydrogen-bond acceptors (Lipinski definition) is 4. The quantitative estimate of drug-likeness (QED) is 0.862. The maximum atomic E-state index is 14.1. The lowest BCUT2D eigenvalue weighted by atomic mass is 9.90. The van der Waals surface area contributed by atoms with Crippen molar-refractivity contribution in [2.45, 2.75) is 24.9 Å². The van der Waals surface area contributed by atoms with Crippen molar-refractivity contribution >= 4 is 11.9 Å². The third-order valence-electron chi connectivity index (χ3n) is 4.36. The Bertz CT molecular complexity index is 577. The van der Waals surface area contributed by atoms with E-state index in [1.165, 1.54) is 13.2 Å². The average molecular weight is 295 g/mol. The highest BCUT2D eigenvalue weighted by Gasteiger charge is 2.55. The summed E-state index contributed by atoms with van der Waals surface area (Å²) >= 11 is 0. The van der Waals surface area contributed by atoms with Gasteiger partial charge in [-0.1, -0.05) is 18.2 Å². The Morgan fingerprint density at radius 2 is 2.05 bits per heavy atom. The van der Waals surface area contributed by atoms with Crippen LogP contribution < -0.4 is 0 Å². The number of carbonyl (C=O) groups is 2. The predicted octanol–water partition coefficient (Wildman–Crippen LogP) is 1.83. The minimum Gasteiger partial charge on any atom is -0.481 e. The first-order valence-electron chi connectivity index (χ1n) is 6.61. The number of likely N-dealkylation sites (N-methyl/N-ethyl adjacent to an activating group) is 1. The normalized spacial score (nSPS) is 29.3. The van der Waals surface area contributed by atoms with Gasteiger partial charge >= 0.3 is 11.9 Å². The zero-order valence-corrected chi connectivity index (χ0v) is 12.2. The summed E-state index contributed by atoms with van der Waals surface area (Å²) in [6.07, 6.45) is 0.0739. The highest BCUT2D eigenvalue weighted by molar-refractivity contribution is 5.83. The zero-order chi connectivity index (χ0) is 15.8. The number of carboxylic acids is 1. The number of benzene rings is 1. The van der Waals surface area contributed by atoms with Gasteiger partial charge in [0.25, 0.3) is 0 Å². The molecule has 1 aliphatic rings. The van der Waals surface area contributed by atoms with E-state index in [9.17, 15) is 19.1 Å². The van der Waals surface area contributed by atoms with Crippen LogP contribution in [0.4, 0.5) is 4.39 Å². The number of methoxy groups -OCH3 is 1. The molecule has 0 amide bonds. The number of hydrogen-bond donors (Lipinski definition) is 1. The van der Waals surface area contributed by atoms with Gasteiger partial charge in [0.05, 0.1) is 19.1 Å². The number of rotatable bonds is 3. The molecule has 0 radical (unpaired) electrons. The number of ether oxygens (including phenoxy) is 1. The van der Waals surface area contributed by atoms with Crippen LogP contribution >= 0.6 is 0 Å². The molecule has 0 aliphatic carbocycles. The van der Waals surface area contributed by atoms with Crippen LogP contribution in [0.1, 0.15) is 24.9 Å². The van der Waals surface area contributed by atoms with E-state index in [-0.39, 0.29) is 12.0 Å². The molecule has 6 heteroatoms. The standard InChI is InChI=1S/C15H18FNO4/c1-15(14(20)21-3)8-10(13(18)19)12(17(15)2)9-6-4-5-7-11(9)16/h4-7,10,12H,8H2,1-3H3,(H,18,19)/t10-,12+,15+/m1/s1. The summed E-state index contributed by atoms with van der Waals surface area (Å²) in [5.41, 5.74) is -0.815. The number of esters is 1. The molecule has 0 bridgehead atoms. The summed E-state index contributed by atoms with van der Waals surface area (Å²) < 4.78 is 18.8. The third kappa shape index (κ3) is 2.40. The minimum atomic E-state index is -1.09. The Balaban J connectivity index is 2.50. The fraction of sp³-hybridized carbons (Fsp3) is 0.467. The Morgan fingerprint density at radius 3 is 2.57 bits per heavy atom. The number of carboxylic acid groups (broad SMARTS) is 1. The van der Waals surface area contributed by atoms with Crippen LogP contribution in [0.3, 0.4) is 0 Å². The van der Waals surface area contributed by atoms with Crippen molar-refractivity contribution in [1.82, 2.24) is 4.90 Å². The van der Waals surface area contributed by atoms with Crippen LogP contribution in [0, 0.1) is 11.7 Å². The first-order chi connectivity index (χ1) is 9.82. The van der Waals surface area contributed by atoms with Crippen LogP contribution in [0.5, 0.6) is 0 Å². The Hall–Kier alpha value is -1.95. The molecule has 0 spiro atoms. The lowest BCUT2D eigenvalue weighted by molar-refractivity contribution is -0.152. The van der Waals surface area contributed by atoms with Crippen molar-refractivity contribution in [3.05, 3.63) is 35.6 Å². The summed E-state index contributed by atoms with van der Waals surface area (Å²) in [6, 6.07) is 5.32. The van der Waals surface area contributed by atoms with Gasteiger partial charge in [0.15, 0.2) is 0 Å². The van der Waals surface area contributed by atoms with Crippen LogP contribution in [0.2, 0.25) is 0 Å². The van der Waals surface area contributed by atoms with Gasteiger partial charge in [-0.15, -0.1) is 0 Å². The van der Waals surface area contributed by atoms with Gasteiger partial charge in [-0.3, -0.25) is 14.5 Å². The monoisotopic (exact) mass is 295 g/mol. The highest BCUT2D eigenvalue weighted by Crippen LogP contribution is 2.46. The summed E-state index contributed by atoms with van der Waals surface area (Å²) in [5, 5.41) is 9.44. The molecule has 0 unspecified atom stereocenters. The second-order valence-corrected chi connectivity index (χ2v) is 5.49. The van der Waals surface area contributed by atoms with E-state index in [1.54, 1.807) is 37.1 Å². The number of nitrogens with zero attached hydrogens (tertiary/aromatic N) is 1. The van der Waals surface area contributed by atoms with Gasteiger partial charge < -0.3 is 9.84 Å². The first-order valence-corrected chi connectivity index (χ1v) is 6.61. The number of likely N-dealkylation sites (tertiary alicyclic amines) is 1. The lowest BCUT2D eigenvalue weighted by Crippen LogP contribution is -2.47. The lowest BCUT2D eigenvalue weighted by Gasteiger charge is -2.33. The van der Waals surface area contributed by atoms with Gasteiger partial charge in [0, 0.05) is 5.56 Å². The topological polar surface area (TPSA) is 66.8 Å². The maximum Gasteiger partial charge on any atom is 0.326 e. The average Bonchev–Trinajstić information content (AvgIpc) is 2.73. The minimum absolute atomic E-state index is 0.0739. The third-order valence-corrected chi connectivity index (χ3v) is 4.36. The van der Waals surface area contributed by atoms with Crippen LogP contribution in [0.15, 0.2) is 24.3 Å². The molecule has 1 heterocycles. The molecule has 1 fully saturated rings. The van der Waals surface area contributed by atoms with Crippen LogP contribution in [-0.4, -0.2) is 41.6 Å². The Labute approximate surface area is 122 Å². The van der Waals surface area contributed by atoms with Crippen LogP contribution in [-0.2, 0) is 14.3 Å². The predicted molar refractivity (Wildman–Crippen MR) is 73.1 cm³/mol. The van der Waals surface area contributed by atoms with Crippen molar-refractivity contribution in [2.24, 2.45) is 5.92 Å². The van der Waals surface area contributed by atoms with E-state index in [1.807, 2.05) is 0 Å². The summed E-state index contributed by atoms with van der Waals surface area (Å²) in [4.78, 5) is 25.2. The second-order valence-electron chi connectivity index (χ2n) is 5.49. The molecule has 1 aliphatic heterocycles. The molecule has 0 aromatic heterocycles. The fourth-order valence-electron chi connectivity index (χ4n) is 3.07. The van der Waals surface area contributed by atoms with Crippen molar-refractivity contribution in [3.63, 3.8) is 0 Å². The smallest absolute Gasteiger partial charge is 0.326 e. The van der Waals surface area contributed by atoms with E-state index in [0.29, 0.717) is 0 Å². The Morgan fingerprint density at radius 1 is 1.43 bits per heavy atom. The van der Waals surface area contributed by atoms with Gasteiger partial charge in [-0.2, -0.15) is 0 Å². The molecule has 1 N–H and O–H groups in total. The summed E-state index contributed by atoms with van der Waals surface area (Å²) in [5.74, 6) is -2.93. The van der Waals surface area contributed by atoms with E-state index in [4.69, 9.17) is 4.74 Å². The number of aliphatic carboxylic acids is 1. The summed E-state index contributed by atoms with van der Waals surface area (Å²) in [6.45, 7) is 1.62. The van der Waals surface area contributed by atoms with Crippen molar-refractivity contribution in [3.8, 4) is 0 Å². The fourth-order valence-corrected chi connectivity index (χ4v) is 3.07. The van der Waals surface area contributed by atoms with Gasteiger partial charge in [0.2, 0.25) is 0 Å². The van der Waals surface area contributed by atoms with E-state index in [0.717, 1.165) is 0 Å². The SMILES string of the molecule is COC(=O)[C@]1(C)C[C@@H](C(=O)O)[C@H](c2ccccc2F)N1C. The Kier molecular flexibility index (Phi) is 4.00. The molecule has 114 valence electrons. The van der Waals surface area contributed by atoms with Crippen LogP contribution in [0.25, 0.3) is 0 Å². The number of carbonyl (C=O) groups excluding carboxylic acids is 1. The van der Waals surface area contributed by atoms with Crippen molar-refractivity contribution < 1.29 is 23.8 Å². The van der Waals surface area contributed by atoms with E-state index < -0.39 is 35.3 Å². The molecular formula is C15H18FNO4. The molecule has 5 nitrogen and oxygen atoms in total. The molecule has 1 aromatic carbocycles. The molecular weight excluding hydrogens is 277 g/mol. The molecule has 1 saturated heterocycles. The molecule has 0 saturated carbocycles. The first kappa shape index (κ1) is 15.4. The summed E-state index contributed by atoms with van der Waals surface area (Å²) in [7, 11) is 2.88. The molecule has 2 rings (SSSR count). The molecule has 21 heavy (non-hydrogen) atoms. The second kappa shape index (κ2) is 5.44.